The van der Waals surface area contributed by atoms with E-state index in [-0.39, 0.29) is 12.4 Å². The van der Waals surface area contributed by atoms with Gasteiger partial charge < -0.3 is 15.2 Å². The Balaban J connectivity index is 2.01. The zero-order chi connectivity index (χ0) is 13.7. The molecule has 5 nitrogen and oxygen atoms in total. The molecule has 1 heterocycles. The maximum absolute atomic E-state index is 13.6. The fourth-order valence-electron chi connectivity index (χ4n) is 1.69. The van der Waals surface area contributed by atoms with Crippen molar-refractivity contribution in [1.29, 1.82) is 0 Å². The monoisotopic (exact) mass is 265 g/mol. The third-order valence-corrected chi connectivity index (χ3v) is 2.67. The fourth-order valence-corrected chi connectivity index (χ4v) is 1.69. The molecule has 2 rings (SSSR count). The van der Waals surface area contributed by atoms with Crippen molar-refractivity contribution < 1.29 is 14.2 Å². The van der Waals surface area contributed by atoms with Gasteiger partial charge in [-0.2, -0.15) is 5.10 Å². The van der Waals surface area contributed by atoms with Gasteiger partial charge in [-0.1, -0.05) is 0 Å². The van der Waals surface area contributed by atoms with Crippen molar-refractivity contribution in [2.75, 3.05) is 19.0 Å². The summed E-state index contributed by atoms with van der Waals surface area (Å²) in [5.74, 6) is 0.267. The Hall–Kier alpha value is -2.08. The number of benzene rings is 1. The Labute approximate surface area is 110 Å². The Morgan fingerprint density at radius 2 is 2.32 bits per heavy atom. The van der Waals surface area contributed by atoms with Crippen LogP contribution in [-0.4, -0.2) is 28.6 Å². The lowest BCUT2D eigenvalue weighted by Gasteiger charge is -2.08. The van der Waals surface area contributed by atoms with Crippen LogP contribution in [0, 0.1) is 5.82 Å². The van der Waals surface area contributed by atoms with Gasteiger partial charge in [0.25, 0.3) is 0 Å². The standard InChI is InChI=1S/C13H16FN3O2/c1-19-11-2-3-12(14)13(6-11)15-7-10-8-16-17(9-10)4-5-18/h2-3,6,8-9,15,18H,4-5,7H2,1H3. The first kappa shape index (κ1) is 13.4. The predicted molar refractivity (Wildman–Crippen MR) is 69.6 cm³/mol. The minimum Gasteiger partial charge on any atom is -0.497 e. The van der Waals surface area contributed by atoms with Crippen molar-refractivity contribution in [3.8, 4) is 5.75 Å². The van der Waals surface area contributed by atoms with E-state index >= 15 is 0 Å². The predicted octanol–water partition coefficient (Wildman–Crippen LogP) is 1.64. The number of hydrogen-bond acceptors (Lipinski definition) is 4. The Bertz CT molecular complexity index is 542. The van der Waals surface area contributed by atoms with E-state index in [1.807, 2.05) is 0 Å². The highest BCUT2D eigenvalue weighted by atomic mass is 19.1. The average Bonchev–Trinajstić information content (AvgIpc) is 2.86. The van der Waals surface area contributed by atoms with E-state index in [1.54, 1.807) is 29.2 Å². The van der Waals surface area contributed by atoms with Crippen LogP contribution in [0.4, 0.5) is 10.1 Å². The van der Waals surface area contributed by atoms with Gasteiger partial charge in [-0.15, -0.1) is 0 Å². The second kappa shape index (κ2) is 6.19. The number of rotatable bonds is 6. The van der Waals surface area contributed by atoms with Gasteiger partial charge in [-0.25, -0.2) is 4.39 Å². The van der Waals surface area contributed by atoms with E-state index in [0.29, 0.717) is 24.5 Å². The molecular weight excluding hydrogens is 249 g/mol. The second-order valence-corrected chi connectivity index (χ2v) is 4.03. The minimum absolute atomic E-state index is 0.0407. The highest BCUT2D eigenvalue weighted by molar-refractivity contribution is 5.49. The topological polar surface area (TPSA) is 59.3 Å². The first-order chi connectivity index (χ1) is 9.22. The first-order valence-corrected chi connectivity index (χ1v) is 5.92. The number of halogens is 1. The molecule has 0 aliphatic heterocycles. The normalized spacial score (nSPS) is 10.5. The molecule has 2 N–H and O–H groups in total. The van der Waals surface area contributed by atoms with Crippen molar-refractivity contribution in [2.45, 2.75) is 13.1 Å². The number of ether oxygens (including phenoxy) is 1. The van der Waals surface area contributed by atoms with E-state index in [1.165, 1.54) is 13.2 Å². The highest BCUT2D eigenvalue weighted by Gasteiger charge is 2.04. The van der Waals surface area contributed by atoms with Crippen molar-refractivity contribution in [3.05, 3.63) is 42.0 Å². The molecule has 0 unspecified atom stereocenters. The molecule has 0 atom stereocenters. The molecule has 0 radical (unpaired) electrons. The summed E-state index contributed by atoms with van der Waals surface area (Å²) in [6.07, 6.45) is 3.49. The van der Waals surface area contributed by atoms with Gasteiger partial charge in [0.1, 0.15) is 11.6 Å². The van der Waals surface area contributed by atoms with E-state index in [9.17, 15) is 4.39 Å². The molecule has 102 valence electrons. The Morgan fingerprint density at radius 3 is 3.05 bits per heavy atom. The van der Waals surface area contributed by atoms with Crippen molar-refractivity contribution in [3.63, 3.8) is 0 Å². The van der Waals surface area contributed by atoms with Crippen molar-refractivity contribution >= 4 is 5.69 Å². The van der Waals surface area contributed by atoms with Gasteiger partial charge in [0.2, 0.25) is 0 Å². The van der Waals surface area contributed by atoms with Crippen LogP contribution in [0.1, 0.15) is 5.56 Å². The van der Waals surface area contributed by atoms with Crippen LogP contribution in [0.25, 0.3) is 0 Å². The molecule has 0 fully saturated rings. The van der Waals surface area contributed by atoms with E-state index in [4.69, 9.17) is 9.84 Å². The zero-order valence-electron chi connectivity index (χ0n) is 10.6. The Morgan fingerprint density at radius 1 is 1.47 bits per heavy atom. The summed E-state index contributed by atoms with van der Waals surface area (Å²) >= 11 is 0. The molecule has 0 aliphatic rings. The summed E-state index contributed by atoms with van der Waals surface area (Å²) in [5, 5.41) is 15.9. The van der Waals surface area contributed by atoms with Crippen LogP contribution in [0.5, 0.6) is 5.75 Å². The number of nitrogens with zero attached hydrogens (tertiary/aromatic N) is 2. The van der Waals surface area contributed by atoms with Gasteiger partial charge in [0, 0.05) is 24.4 Å². The quantitative estimate of drug-likeness (QED) is 0.833. The number of aliphatic hydroxyl groups excluding tert-OH is 1. The smallest absolute Gasteiger partial charge is 0.146 e. The lowest BCUT2D eigenvalue weighted by molar-refractivity contribution is 0.269. The molecule has 0 bridgehead atoms. The zero-order valence-corrected chi connectivity index (χ0v) is 10.6. The third-order valence-electron chi connectivity index (χ3n) is 2.67. The minimum atomic E-state index is -0.330. The van der Waals surface area contributed by atoms with E-state index < -0.39 is 0 Å². The van der Waals surface area contributed by atoms with Crippen molar-refractivity contribution in [1.82, 2.24) is 9.78 Å². The summed E-state index contributed by atoms with van der Waals surface area (Å²) in [4.78, 5) is 0. The number of aliphatic hydroxyl groups is 1. The van der Waals surface area contributed by atoms with Crippen LogP contribution in [0.15, 0.2) is 30.6 Å². The lowest BCUT2D eigenvalue weighted by atomic mass is 10.2. The molecule has 1 aromatic carbocycles. The van der Waals surface area contributed by atoms with Crippen LogP contribution in [0.2, 0.25) is 0 Å². The molecule has 0 aliphatic carbocycles. The second-order valence-electron chi connectivity index (χ2n) is 4.03. The maximum Gasteiger partial charge on any atom is 0.146 e. The molecule has 0 saturated heterocycles. The number of nitrogens with one attached hydrogen (secondary N) is 1. The van der Waals surface area contributed by atoms with E-state index in [0.717, 1.165) is 5.56 Å². The molecule has 19 heavy (non-hydrogen) atoms. The van der Waals surface area contributed by atoms with Gasteiger partial charge in [0.15, 0.2) is 0 Å². The lowest BCUT2D eigenvalue weighted by Crippen LogP contribution is -2.03. The molecule has 0 saturated carbocycles. The molecule has 1 aromatic heterocycles. The number of anilines is 1. The van der Waals surface area contributed by atoms with Gasteiger partial charge >= 0.3 is 0 Å². The molecular formula is C13H16FN3O2. The summed E-state index contributed by atoms with van der Waals surface area (Å²) in [6.45, 7) is 0.947. The number of methoxy groups -OCH3 is 1. The third kappa shape index (κ3) is 3.45. The molecule has 0 amide bonds. The van der Waals surface area contributed by atoms with Gasteiger partial charge in [0.05, 0.1) is 32.1 Å². The summed E-state index contributed by atoms with van der Waals surface area (Å²) < 4.78 is 20.2. The highest BCUT2D eigenvalue weighted by Crippen LogP contribution is 2.21. The maximum atomic E-state index is 13.6. The van der Waals surface area contributed by atoms with Gasteiger partial charge in [-0.3, -0.25) is 4.68 Å². The molecule has 6 heteroatoms. The number of hydrogen-bond donors (Lipinski definition) is 2. The molecule has 0 spiro atoms. The largest absolute Gasteiger partial charge is 0.497 e. The van der Waals surface area contributed by atoms with Gasteiger partial charge in [-0.05, 0) is 12.1 Å². The summed E-state index contributed by atoms with van der Waals surface area (Å²) in [6, 6.07) is 4.53. The van der Waals surface area contributed by atoms with Crippen LogP contribution in [-0.2, 0) is 13.1 Å². The van der Waals surface area contributed by atoms with E-state index in [2.05, 4.69) is 10.4 Å². The SMILES string of the molecule is COc1ccc(F)c(NCc2cnn(CCO)c2)c1. The van der Waals surface area contributed by atoms with Crippen LogP contribution >= 0.6 is 0 Å². The van der Waals surface area contributed by atoms with Crippen LogP contribution < -0.4 is 10.1 Å². The van der Waals surface area contributed by atoms with Crippen molar-refractivity contribution in [2.24, 2.45) is 0 Å². The summed E-state index contributed by atoms with van der Waals surface area (Å²) in [5.41, 5.74) is 1.30. The summed E-state index contributed by atoms with van der Waals surface area (Å²) in [7, 11) is 1.54. The Kier molecular flexibility index (Phi) is 4.35. The first-order valence-electron chi connectivity index (χ1n) is 5.92. The molecule has 2 aromatic rings. The fraction of sp³-hybridized carbons (Fsp3) is 0.308. The number of aromatic nitrogens is 2. The van der Waals surface area contributed by atoms with Crippen LogP contribution in [0.3, 0.4) is 0 Å². The average molecular weight is 265 g/mol.